The zero-order valence-electron chi connectivity index (χ0n) is 24.0. The molecule has 1 aromatic carbocycles. The molecule has 2 fully saturated rings. The lowest BCUT2D eigenvalue weighted by molar-refractivity contribution is -0.130. The van der Waals surface area contributed by atoms with Gasteiger partial charge in [-0.3, -0.25) is 9.48 Å². The van der Waals surface area contributed by atoms with Crippen LogP contribution < -0.4 is 10.2 Å². The molecule has 0 spiro atoms. The highest BCUT2D eigenvalue weighted by Gasteiger charge is 2.37. The quantitative estimate of drug-likeness (QED) is 0.262. The lowest BCUT2D eigenvalue weighted by Gasteiger charge is -2.42. The van der Waals surface area contributed by atoms with E-state index >= 15 is 0 Å². The molecule has 12 heteroatoms. The van der Waals surface area contributed by atoms with E-state index in [0.29, 0.717) is 24.1 Å². The van der Waals surface area contributed by atoms with Crippen molar-refractivity contribution in [2.45, 2.75) is 31.2 Å². The lowest BCUT2D eigenvalue weighted by Crippen LogP contribution is -2.45. The van der Waals surface area contributed by atoms with Gasteiger partial charge in [-0.2, -0.15) is 10.1 Å². The van der Waals surface area contributed by atoms with Crippen molar-refractivity contribution in [1.82, 2.24) is 34.2 Å². The van der Waals surface area contributed by atoms with Crippen molar-refractivity contribution < 1.29 is 9.53 Å². The van der Waals surface area contributed by atoms with Crippen LogP contribution in [-0.4, -0.2) is 100 Å². The summed E-state index contributed by atoms with van der Waals surface area (Å²) in [6, 6.07) is 12.0. The predicted molar refractivity (Wildman–Crippen MR) is 164 cm³/mol. The fraction of sp³-hybridized carbons (Fsp3) is 0.467. The van der Waals surface area contributed by atoms with Crippen LogP contribution in [0.4, 0.5) is 17.3 Å². The van der Waals surface area contributed by atoms with Gasteiger partial charge in [0.15, 0.2) is 5.65 Å². The van der Waals surface area contributed by atoms with E-state index in [4.69, 9.17) is 21.3 Å². The van der Waals surface area contributed by atoms with E-state index in [2.05, 4.69) is 43.3 Å². The first-order valence-corrected chi connectivity index (χ1v) is 15.0. The van der Waals surface area contributed by atoms with Crippen LogP contribution in [0.15, 0.2) is 55.0 Å². The zero-order chi connectivity index (χ0) is 28.9. The molecule has 4 aromatic rings. The minimum Gasteiger partial charge on any atom is -0.467 e. The number of hydrogen-bond acceptors (Lipinski definition) is 9. The van der Waals surface area contributed by atoms with Gasteiger partial charge in [-0.05, 0) is 62.7 Å². The number of halogens is 1. The third-order valence-electron chi connectivity index (χ3n) is 8.63. The van der Waals surface area contributed by atoms with Crippen LogP contribution in [-0.2, 0) is 21.5 Å². The topological polar surface area (TPSA) is 96.1 Å². The minimum absolute atomic E-state index is 0.252. The van der Waals surface area contributed by atoms with Gasteiger partial charge in [0, 0.05) is 68.6 Å². The fourth-order valence-corrected chi connectivity index (χ4v) is 6.21. The number of carbonyl (C=O) groups is 1. The highest BCUT2D eigenvalue weighted by Crippen LogP contribution is 2.38. The third kappa shape index (κ3) is 6.38. The van der Waals surface area contributed by atoms with Crippen molar-refractivity contribution in [1.29, 1.82) is 0 Å². The molecule has 11 nitrogen and oxygen atoms in total. The molecule has 0 amide bonds. The number of aromatic nitrogens is 5. The summed E-state index contributed by atoms with van der Waals surface area (Å²) in [6.45, 7) is 8.99. The van der Waals surface area contributed by atoms with Gasteiger partial charge in [-0.25, -0.2) is 4.52 Å². The average molecular weight is 592 g/mol. The van der Waals surface area contributed by atoms with Crippen molar-refractivity contribution in [2.24, 2.45) is 0 Å². The second-order valence-electron chi connectivity index (χ2n) is 11.4. The second-order valence-corrected chi connectivity index (χ2v) is 11.8. The van der Waals surface area contributed by atoms with Crippen LogP contribution in [0.2, 0.25) is 5.02 Å². The number of anilines is 3. The maximum Gasteiger partial charge on any atom is 0.293 e. The molecule has 0 aliphatic carbocycles. The number of nitrogens with one attached hydrogen (secondary N) is 1. The van der Waals surface area contributed by atoms with Crippen LogP contribution in [0.5, 0.6) is 0 Å². The predicted octanol–water partition coefficient (Wildman–Crippen LogP) is 3.67. The number of pyridine rings is 1. The smallest absolute Gasteiger partial charge is 0.293 e. The highest BCUT2D eigenvalue weighted by molar-refractivity contribution is 6.30. The van der Waals surface area contributed by atoms with Gasteiger partial charge in [-0.1, -0.05) is 23.7 Å². The summed E-state index contributed by atoms with van der Waals surface area (Å²) < 4.78 is 9.10. The summed E-state index contributed by atoms with van der Waals surface area (Å²) >= 11 is 6.14. The van der Waals surface area contributed by atoms with Gasteiger partial charge in [-0.15, -0.1) is 5.10 Å². The van der Waals surface area contributed by atoms with Crippen LogP contribution in [0.1, 0.15) is 24.8 Å². The summed E-state index contributed by atoms with van der Waals surface area (Å²) in [5.41, 5.74) is 3.58. The Morgan fingerprint density at radius 2 is 1.83 bits per heavy atom. The van der Waals surface area contributed by atoms with Crippen molar-refractivity contribution in [3.63, 3.8) is 0 Å². The van der Waals surface area contributed by atoms with Gasteiger partial charge < -0.3 is 24.8 Å². The highest BCUT2D eigenvalue weighted by atomic mass is 35.5. The van der Waals surface area contributed by atoms with E-state index in [-0.39, 0.29) is 5.41 Å². The van der Waals surface area contributed by atoms with Crippen LogP contribution >= 0.6 is 11.6 Å². The van der Waals surface area contributed by atoms with E-state index < -0.39 is 0 Å². The summed E-state index contributed by atoms with van der Waals surface area (Å²) in [5.74, 6) is 0.534. The number of ether oxygens (including phenoxy) is 1. The molecular weight excluding hydrogens is 554 g/mol. The Morgan fingerprint density at radius 1 is 1.05 bits per heavy atom. The van der Waals surface area contributed by atoms with E-state index in [1.807, 2.05) is 58.1 Å². The SMILES string of the molecule is CN1CCN(CCCn2cc(Nc3nc4c(N5CCC(COC=O)(c6ccc(Cl)cc6)CC5)cccn4n3)cn2)CC1. The molecule has 0 saturated carbocycles. The number of carbonyl (C=O) groups excluding carboxylic acids is 1. The number of nitrogens with zero attached hydrogens (tertiary/aromatic N) is 8. The van der Waals surface area contributed by atoms with Crippen molar-refractivity contribution >= 4 is 41.0 Å². The zero-order valence-corrected chi connectivity index (χ0v) is 24.8. The van der Waals surface area contributed by atoms with Gasteiger partial charge in [0.05, 0.1) is 17.6 Å². The van der Waals surface area contributed by atoms with E-state index in [1.165, 1.54) is 0 Å². The Hall–Kier alpha value is -3.67. The number of likely N-dealkylation sites (N-methyl/N-ethyl adjacent to an activating group) is 1. The first kappa shape index (κ1) is 28.4. The maximum absolute atomic E-state index is 11.1. The summed E-state index contributed by atoms with van der Waals surface area (Å²) in [5, 5.41) is 13.2. The van der Waals surface area contributed by atoms with Crippen LogP contribution in [0.25, 0.3) is 5.65 Å². The van der Waals surface area contributed by atoms with Crippen molar-refractivity contribution in [2.75, 3.05) is 69.7 Å². The molecule has 2 aliphatic heterocycles. The van der Waals surface area contributed by atoms with Crippen LogP contribution in [0.3, 0.4) is 0 Å². The molecule has 3 aromatic heterocycles. The minimum atomic E-state index is -0.252. The average Bonchev–Trinajstić information content (AvgIpc) is 3.64. The van der Waals surface area contributed by atoms with Crippen molar-refractivity contribution in [3.05, 3.63) is 65.6 Å². The number of hydrogen-bond donors (Lipinski definition) is 1. The largest absolute Gasteiger partial charge is 0.467 e. The number of fused-ring (bicyclic) bond motifs is 1. The number of rotatable bonds is 11. The van der Waals surface area contributed by atoms with Gasteiger partial charge in [0.2, 0.25) is 5.95 Å². The molecule has 6 rings (SSSR count). The van der Waals surface area contributed by atoms with Crippen LogP contribution in [0, 0.1) is 0 Å². The monoisotopic (exact) mass is 591 g/mol. The Bertz CT molecular complexity index is 1470. The van der Waals surface area contributed by atoms with Crippen molar-refractivity contribution in [3.8, 4) is 0 Å². The molecule has 222 valence electrons. The first-order valence-electron chi connectivity index (χ1n) is 14.6. The number of piperazine rings is 1. The summed E-state index contributed by atoms with van der Waals surface area (Å²) in [7, 11) is 2.18. The Morgan fingerprint density at radius 3 is 2.60 bits per heavy atom. The molecule has 42 heavy (non-hydrogen) atoms. The van der Waals surface area contributed by atoms with Gasteiger partial charge in [0.1, 0.15) is 6.61 Å². The van der Waals surface area contributed by atoms with Gasteiger partial charge >= 0.3 is 0 Å². The number of aryl methyl sites for hydroxylation is 1. The fourth-order valence-electron chi connectivity index (χ4n) is 6.09. The molecule has 2 saturated heterocycles. The molecule has 0 radical (unpaired) electrons. The third-order valence-corrected chi connectivity index (χ3v) is 8.89. The summed E-state index contributed by atoms with van der Waals surface area (Å²) in [6.07, 6.45) is 8.48. The number of piperidine rings is 1. The van der Waals surface area contributed by atoms with E-state index in [9.17, 15) is 4.79 Å². The second kappa shape index (κ2) is 12.7. The molecular formula is C30H38ClN9O2. The Labute approximate surface area is 251 Å². The molecule has 0 bridgehead atoms. The molecule has 0 atom stereocenters. The molecule has 5 heterocycles. The van der Waals surface area contributed by atoms with E-state index in [1.54, 1.807) is 0 Å². The first-order chi connectivity index (χ1) is 20.5. The lowest BCUT2D eigenvalue weighted by atomic mass is 9.73. The molecule has 2 aliphatic rings. The number of benzene rings is 1. The standard InChI is InChI=1S/C30H38ClN9O2/c1-36-16-18-37(19-17-36)11-3-12-39-21-26(20-32-39)33-29-34-28-27(4-2-13-40(28)35-29)38-14-9-30(10-15-38,22-42-23-41)24-5-7-25(31)8-6-24/h2,4-8,13,20-21,23H,3,9-12,14-19,22H2,1H3,(H,33,35). The summed E-state index contributed by atoms with van der Waals surface area (Å²) in [4.78, 5) is 23.2. The maximum atomic E-state index is 11.1. The Kier molecular flexibility index (Phi) is 8.59. The van der Waals surface area contributed by atoms with Gasteiger partial charge in [0.25, 0.3) is 6.47 Å². The Balaban J connectivity index is 1.09. The normalized spacial score (nSPS) is 17.9. The van der Waals surface area contributed by atoms with E-state index in [0.717, 1.165) is 94.2 Å². The molecule has 0 unspecified atom stereocenters. The molecule has 1 N–H and O–H groups in total.